The van der Waals surface area contributed by atoms with Gasteiger partial charge in [0.05, 0.1) is 12.0 Å². The molecule has 17 heavy (non-hydrogen) atoms. The number of carbonyl (C=O) groups is 1. The average Bonchev–Trinajstić information content (AvgIpc) is 2.96. The third kappa shape index (κ3) is 2.62. The van der Waals surface area contributed by atoms with E-state index in [1.54, 1.807) is 5.38 Å². The fourth-order valence-electron chi connectivity index (χ4n) is 2.04. The first kappa shape index (κ1) is 12.0. The van der Waals surface area contributed by atoms with E-state index in [2.05, 4.69) is 16.4 Å². The van der Waals surface area contributed by atoms with Crippen LogP contribution in [0.4, 0.5) is 0 Å². The number of aromatic nitrogens is 1. The molecular formula is C11H14N4OS. The highest BCUT2D eigenvalue weighted by atomic mass is 32.1. The predicted octanol–water partition coefficient (Wildman–Crippen LogP) is 1.02. The number of nitriles is 1. The summed E-state index contributed by atoms with van der Waals surface area (Å²) in [5.41, 5.74) is 5.85. The first-order valence-corrected chi connectivity index (χ1v) is 6.47. The molecule has 1 aliphatic rings. The Morgan fingerprint density at radius 3 is 3.18 bits per heavy atom. The lowest BCUT2D eigenvalue weighted by molar-refractivity contribution is 0.0928. The number of amides is 1. The highest BCUT2D eigenvalue weighted by molar-refractivity contribution is 7.09. The van der Waals surface area contributed by atoms with Crippen molar-refractivity contribution in [3.63, 3.8) is 0 Å². The van der Waals surface area contributed by atoms with Gasteiger partial charge in [-0.1, -0.05) is 0 Å². The van der Waals surface area contributed by atoms with Crippen LogP contribution >= 0.6 is 11.3 Å². The van der Waals surface area contributed by atoms with E-state index >= 15 is 0 Å². The van der Waals surface area contributed by atoms with E-state index in [9.17, 15) is 4.79 Å². The van der Waals surface area contributed by atoms with Gasteiger partial charge in [-0.2, -0.15) is 5.26 Å². The van der Waals surface area contributed by atoms with Crippen molar-refractivity contribution in [2.24, 2.45) is 11.7 Å². The van der Waals surface area contributed by atoms with Crippen LogP contribution in [0.2, 0.25) is 0 Å². The molecule has 2 atom stereocenters. The lowest BCUT2D eigenvalue weighted by Gasteiger charge is -2.14. The van der Waals surface area contributed by atoms with Crippen molar-refractivity contribution in [3.8, 4) is 6.07 Å². The van der Waals surface area contributed by atoms with E-state index in [0.717, 1.165) is 24.3 Å². The van der Waals surface area contributed by atoms with Gasteiger partial charge in [-0.25, -0.2) is 4.98 Å². The molecule has 0 saturated heterocycles. The van der Waals surface area contributed by atoms with E-state index in [4.69, 9.17) is 11.0 Å². The van der Waals surface area contributed by atoms with Gasteiger partial charge in [0.2, 0.25) is 0 Å². The Hall–Kier alpha value is -1.45. The Kier molecular flexibility index (Phi) is 3.71. The molecule has 1 fully saturated rings. The van der Waals surface area contributed by atoms with Crippen LogP contribution in [0.15, 0.2) is 5.38 Å². The van der Waals surface area contributed by atoms with Gasteiger partial charge < -0.3 is 11.1 Å². The summed E-state index contributed by atoms with van der Waals surface area (Å²) in [6, 6.07) is 2.20. The minimum atomic E-state index is -0.201. The normalized spacial score (nSPS) is 23.3. The van der Waals surface area contributed by atoms with Crippen molar-refractivity contribution in [2.45, 2.75) is 31.8 Å². The summed E-state index contributed by atoms with van der Waals surface area (Å²) in [4.78, 5) is 16.0. The van der Waals surface area contributed by atoms with Crippen molar-refractivity contribution >= 4 is 17.2 Å². The third-order valence-electron chi connectivity index (χ3n) is 2.96. The summed E-state index contributed by atoms with van der Waals surface area (Å²) in [5, 5.41) is 14.3. The van der Waals surface area contributed by atoms with E-state index in [0.29, 0.717) is 12.2 Å². The Labute approximate surface area is 104 Å². The molecule has 2 unspecified atom stereocenters. The molecule has 5 nitrogen and oxygen atoms in total. The molecule has 1 aromatic heterocycles. The zero-order valence-corrected chi connectivity index (χ0v) is 10.2. The number of carbonyl (C=O) groups excluding carboxylic acids is 1. The largest absolute Gasteiger partial charge is 0.347 e. The van der Waals surface area contributed by atoms with Crippen molar-refractivity contribution < 1.29 is 4.79 Å². The maximum absolute atomic E-state index is 11.9. The smallest absolute Gasteiger partial charge is 0.271 e. The fraction of sp³-hybridized carbons (Fsp3) is 0.545. The summed E-state index contributed by atoms with van der Waals surface area (Å²) < 4.78 is 0. The van der Waals surface area contributed by atoms with Crippen molar-refractivity contribution in [1.29, 1.82) is 5.26 Å². The quantitative estimate of drug-likeness (QED) is 0.838. The molecule has 0 aliphatic heterocycles. The summed E-state index contributed by atoms with van der Waals surface area (Å²) in [7, 11) is 0. The van der Waals surface area contributed by atoms with Gasteiger partial charge in [-0.05, 0) is 19.3 Å². The fourth-order valence-corrected chi connectivity index (χ4v) is 2.69. The van der Waals surface area contributed by atoms with Crippen molar-refractivity contribution in [1.82, 2.24) is 10.3 Å². The number of hydrogen-bond donors (Lipinski definition) is 2. The molecule has 1 amide bonds. The summed E-state index contributed by atoms with van der Waals surface area (Å²) >= 11 is 1.38. The van der Waals surface area contributed by atoms with E-state index < -0.39 is 0 Å². The standard InChI is InChI=1S/C11H14N4OS/c12-4-7-2-1-3-8(7)15-11(16)9-6-17-10(5-13)14-9/h6-8H,1-3,5,13H2,(H,15,16). The van der Waals surface area contributed by atoms with Gasteiger partial charge in [-0.15, -0.1) is 11.3 Å². The maximum Gasteiger partial charge on any atom is 0.271 e. The minimum absolute atomic E-state index is 0.0319. The average molecular weight is 250 g/mol. The molecule has 6 heteroatoms. The van der Waals surface area contributed by atoms with Gasteiger partial charge in [0.15, 0.2) is 0 Å². The van der Waals surface area contributed by atoms with Gasteiger partial charge in [0.1, 0.15) is 10.7 Å². The SMILES string of the molecule is N#CC1CCCC1NC(=O)c1csc(CN)n1. The van der Waals surface area contributed by atoms with Crippen LogP contribution in [-0.2, 0) is 6.54 Å². The lowest BCUT2D eigenvalue weighted by atomic mass is 10.1. The van der Waals surface area contributed by atoms with Gasteiger partial charge >= 0.3 is 0 Å². The molecule has 0 aromatic carbocycles. The van der Waals surface area contributed by atoms with Crippen LogP contribution in [0, 0.1) is 17.2 Å². The molecule has 2 rings (SSSR count). The van der Waals surface area contributed by atoms with Gasteiger partial charge in [-0.3, -0.25) is 4.79 Å². The number of thiazole rings is 1. The maximum atomic E-state index is 11.9. The molecule has 1 aliphatic carbocycles. The first-order chi connectivity index (χ1) is 8.24. The molecule has 3 N–H and O–H groups in total. The topological polar surface area (TPSA) is 91.8 Å². The van der Waals surface area contributed by atoms with Crippen LogP contribution < -0.4 is 11.1 Å². The molecule has 1 aromatic rings. The Bertz CT molecular complexity index is 451. The predicted molar refractivity (Wildman–Crippen MR) is 64.2 cm³/mol. The molecule has 1 heterocycles. The molecular weight excluding hydrogens is 236 g/mol. The number of nitrogens with two attached hydrogens (primary N) is 1. The first-order valence-electron chi connectivity index (χ1n) is 5.59. The van der Waals surface area contributed by atoms with Crippen molar-refractivity contribution in [2.75, 3.05) is 0 Å². The van der Waals surface area contributed by atoms with Crippen LogP contribution in [0.25, 0.3) is 0 Å². The monoisotopic (exact) mass is 250 g/mol. The number of hydrogen-bond acceptors (Lipinski definition) is 5. The Balaban J connectivity index is 1.99. The third-order valence-corrected chi connectivity index (χ3v) is 3.83. The van der Waals surface area contributed by atoms with Crippen LogP contribution in [0.5, 0.6) is 0 Å². The number of rotatable bonds is 3. The highest BCUT2D eigenvalue weighted by Crippen LogP contribution is 2.25. The summed E-state index contributed by atoms with van der Waals surface area (Å²) in [6.45, 7) is 0.349. The second kappa shape index (κ2) is 5.25. The second-order valence-electron chi connectivity index (χ2n) is 4.08. The lowest BCUT2D eigenvalue weighted by Crippen LogP contribution is -2.37. The number of nitrogens with one attached hydrogen (secondary N) is 1. The Morgan fingerprint density at radius 2 is 2.53 bits per heavy atom. The second-order valence-corrected chi connectivity index (χ2v) is 5.02. The molecule has 0 radical (unpaired) electrons. The summed E-state index contributed by atoms with van der Waals surface area (Å²) in [5.74, 6) is -0.264. The Morgan fingerprint density at radius 1 is 1.71 bits per heavy atom. The van der Waals surface area contributed by atoms with Crippen LogP contribution in [-0.4, -0.2) is 16.9 Å². The van der Waals surface area contributed by atoms with Crippen molar-refractivity contribution in [3.05, 3.63) is 16.1 Å². The van der Waals surface area contributed by atoms with E-state index in [1.807, 2.05) is 0 Å². The zero-order chi connectivity index (χ0) is 12.3. The van der Waals surface area contributed by atoms with E-state index in [-0.39, 0.29) is 17.9 Å². The van der Waals surface area contributed by atoms with Crippen LogP contribution in [0.1, 0.15) is 34.8 Å². The van der Waals surface area contributed by atoms with E-state index in [1.165, 1.54) is 11.3 Å². The molecule has 90 valence electrons. The molecule has 1 saturated carbocycles. The van der Waals surface area contributed by atoms with Gasteiger partial charge in [0, 0.05) is 18.0 Å². The molecule has 0 spiro atoms. The van der Waals surface area contributed by atoms with Gasteiger partial charge in [0.25, 0.3) is 5.91 Å². The summed E-state index contributed by atoms with van der Waals surface area (Å²) in [6.07, 6.45) is 2.73. The minimum Gasteiger partial charge on any atom is -0.347 e. The van der Waals surface area contributed by atoms with Crippen LogP contribution in [0.3, 0.4) is 0 Å². The zero-order valence-electron chi connectivity index (χ0n) is 9.35. The highest BCUT2D eigenvalue weighted by Gasteiger charge is 2.29. The molecule has 0 bridgehead atoms. The number of nitrogens with zero attached hydrogens (tertiary/aromatic N) is 2.